The first kappa shape index (κ1) is 11.9. The first-order valence-corrected chi connectivity index (χ1v) is 6.58. The Labute approximate surface area is 98.6 Å². The third kappa shape index (κ3) is 2.76. The molecule has 0 unspecified atom stereocenters. The van der Waals surface area contributed by atoms with E-state index in [-0.39, 0.29) is 5.92 Å². The van der Waals surface area contributed by atoms with Crippen molar-refractivity contribution < 1.29 is 4.79 Å². The molecule has 0 aliphatic carbocycles. The van der Waals surface area contributed by atoms with E-state index in [1.54, 1.807) is 0 Å². The Hall–Kier alpha value is -0.570. The maximum Gasteiger partial charge on any atom is 0.226 e. The average molecular weight is 224 g/mol. The van der Waals surface area contributed by atoms with Gasteiger partial charge in [0.2, 0.25) is 5.91 Å². The number of carbonyl (C=O) groups is 1. The molecule has 0 bridgehead atoms. The molecule has 1 N–H and O–H groups in total. The van der Waals surface area contributed by atoms with Gasteiger partial charge in [-0.3, -0.25) is 4.79 Å². The monoisotopic (exact) mass is 224 g/mol. The molecule has 2 aliphatic heterocycles. The van der Waals surface area contributed by atoms with E-state index in [1.165, 1.54) is 0 Å². The van der Waals surface area contributed by atoms with Crippen molar-refractivity contribution in [1.82, 2.24) is 10.2 Å². The molecule has 2 aliphatic rings. The van der Waals surface area contributed by atoms with E-state index in [1.807, 2.05) is 0 Å². The van der Waals surface area contributed by atoms with Gasteiger partial charge in [-0.05, 0) is 37.6 Å². The van der Waals surface area contributed by atoms with Crippen LogP contribution in [-0.4, -0.2) is 37.0 Å². The first-order chi connectivity index (χ1) is 7.58. The Morgan fingerprint density at radius 1 is 1.31 bits per heavy atom. The number of rotatable bonds is 1. The number of nitrogens with zero attached hydrogens (tertiary/aromatic N) is 1. The zero-order valence-electron chi connectivity index (χ0n) is 10.6. The molecule has 1 atom stereocenters. The highest BCUT2D eigenvalue weighted by atomic mass is 16.2. The number of piperidine rings is 2. The van der Waals surface area contributed by atoms with E-state index in [2.05, 4.69) is 24.1 Å². The Morgan fingerprint density at radius 2 is 2.00 bits per heavy atom. The molecule has 2 rings (SSSR count). The molecular weight excluding hydrogens is 200 g/mol. The zero-order valence-corrected chi connectivity index (χ0v) is 10.6. The molecule has 2 saturated heterocycles. The van der Waals surface area contributed by atoms with E-state index in [4.69, 9.17) is 0 Å². The highest BCUT2D eigenvalue weighted by molar-refractivity contribution is 5.79. The minimum Gasteiger partial charge on any atom is -0.342 e. The Kier molecular flexibility index (Phi) is 3.53. The van der Waals surface area contributed by atoms with Crippen molar-refractivity contribution in [2.75, 3.05) is 26.2 Å². The molecule has 92 valence electrons. The number of hydrogen-bond donors (Lipinski definition) is 1. The molecule has 16 heavy (non-hydrogen) atoms. The van der Waals surface area contributed by atoms with E-state index in [0.29, 0.717) is 11.3 Å². The van der Waals surface area contributed by atoms with Crippen molar-refractivity contribution in [1.29, 1.82) is 0 Å². The molecule has 0 aromatic heterocycles. The maximum atomic E-state index is 12.3. The Balaban J connectivity index is 1.86. The minimum absolute atomic E-state index is 0.245. The van der Waals surface area contributed by atoms with E-state index >= 15 is 0 Å². The summed E-state index contributed by atoms with van der Waals surface area (Å²) in [6.07, 6.45) is 4.53. The fourth-order valence-corrected chi connectivity index (χ4v) is 2.65. The largest absolute Gasteiger partial charge is 0.342 e. The molecular formula is C13H24N2O. The minimum atomic E-state index is 0.245. The Bertz CT molecular complexity index is 247. The molecule has 3 nitrogen and oxygen atoms in total. The van der Waals surface area contributed by atoms with Crippen LogP contribution in [0.1, 0.15) is 39.5 Å². The number of hydrogen-bond acceptors (Lipinski definition) is 2. The van der Waals surface area contributed by atoms with E-state index in [0.717, 1.165) is 51.9 Å². The normalized spacial score (nSPS) is 30.1. The fourth-order valence-electron chi connectivity index (χ4n) is 2.65. The number of likely N-dealkylation sites (tertiary alicyclic amines) is 1. The summed E-state index contributed by atoms with van der Waals surface area (Å²) in [5, 5.41) is 3.32. The van der Waals surface area contributed by atoms with Crippen LogP contribution in [0.3, 0.4) is 0 Å². The van der Waals surface area contributed by atoms with E-state index < -0.39 is 0 Å². The number of amides is 1. The van der Waals surface area contributed by atoms with Crippen LogP contribution in [0.4, 0.5) is 0 Å². The van der Waals surface area contributed by atoms with Gasteiger partial charge in [0.15, 0.2) is 0 Å². The third-order valence-electron chi connectivity index (χ3n) is 4.07. The van der Waals surface area contributed by atoms with Crippen LogP contribution in [0.5, 0.6) is 0 Å². The van der Waals surface area contributed by atoms with Gasteiger partial charge in [0.05, 0.1) is 5.92 Å². The highest BCUT2D eigenvalue weighted by Gasteiger charge is 2.31. The molecule has 0 saturated carbocycles. The summed E-state index contributed by atoms with van der Waals surface area (Å²) in [5.74, 6) is 0.637. The lowest BCUT2D eigenvalue weighted by atomic mass is 9.82. The lowest BCUT2D eigenvalue weighted by molar-refractivity contribution is -0.138. The summed E-state index contributed by atoms with van der Waals surface area (Å²) < 4.78 is 0. The van der Waals surface area contributed by atoms with Crippen LogP contribution in [-0.2, 0) is 4.79 Å². The predicted octanol–water partition coefficient (Wildman–Crippen LogP) is 1.63. The second-order valence-corrected chi connectivity index (χ2v) is 6.03. The van der Waals surface area contributed by atoms with Gasteiger partial charge in [0, 0.05) is 19.6 Å². The highest BCUT2D eigenvalue weighted by Crippen LogP contribution is 2.30. The lowest BCUT2D eigenvalue weighted by Crippen LogP contribution is -2.47. The van der Waals surface area contributed by atoms with Crippen LogP contribution < -0.4 is 5.32 Å². The van der Waals surface area contributed by atoms with Gasteiger partial charge in [-0.2, -0.15) is 0 Å². The van der Waals surface area contributed by atoms with Gasteiger partial charge in [0.25, 0.3) is 0 Å². The Morgan fingerprint density at radius 3 is 2.56 bits per heavy atom. The number of nitrogens with one attached hydrogen (secondary N) is 1. The van der Waals surface area contributed by atoms with Crippen LogP contribution in [0.15, 0.2) is 0 Å². The standard InChI is InChI=1S/C13H24N2O/c1-13(2)5-8-15(9-6-13)12(16)11-4-3-7-14-10-11/h11,14H,3-10H2,1-2H3/t11-/m1/s1. The third-order valence-corrected chi connectivity index (χ3v) is 4.07. The lowest BCUT2D eigenvalue weighted by Gasteiger charge is -2.39. The molecule has 0 spiro atoms. The van der Waals surface area contributed by atoms with Gasteiger partial charge in [-0.25, -0.2) is 0 Å². The van der Waals surface area contributed by atoms with Crippen molar-refractivity contribution in [3.8, 4) is 0 Å². The van der Waals surface area contributed by atoms with Crippen molar-refractivity contribution in [3.63, 3.8) is 0 Å². The molecule has 0 radical (unpaired) electrons. The zero-order chi connectivity index (χ0) is 11.6. The van der Waals surface area contributed by atoms with Crippen molar-refractivity contribution in [3.05, 3.63) is 0 Å². The molecule has 3 heteroatoms. The maximum absolute atomic E-state index is 12.3. The smallest absolute Gasteiger partial charge is 0.226 e. The van der Waals surface area contributed by atoms with Gasteiger partial charge in [-0.1, -0.05) is 13.8 Å². The fraction of sp³-hybridized carbons (Fsp3) is 0.923. The van der Waals surface area contributed by atoms with Gasteiger partial charge >= 0.3 is 0 Å². The van der Waals surface area contributed by atoms with Crippen molar-refractivity contribution in [2.45, 2.75) is 39.5 Å². The summed E-state index contributed by atoms with van der Waals surface area (Å²) in [5.41, 5.74) is 0.432. The van der Waals surface area contributed by atoms with Gasteiger partial charge in [0.1, 0.15) is 0 Å². The molecule has 2 fully saturated rings. The summed E-state index contributed by atoms with van der Waals surface area (Å²) in [6.45, 7) is 8.49. The SMILES string of the molecule is CC1(C)CCN(C(=O)[C@@H]2CCCNC2)CC1. The van der Waals surface area contributed by atoms with Crippen LogP contribution in [0.25, 0.3) is 0 Å². The summed E-state index contributed by atoms with van der Waals surface area (Å²) >= 11 is 0. The second kappa shape index (κ2) is 4.74. The molecule has 0 aromatic rings. The first-order valence-electron chi connectivity index (χ1n) is 6.58. The number of carbonyl (C=O) groups excluding carboxylic acids is 1. The molecule has 2 heterocycles. The van der Waals surface area contributed by atoms with Crippen LogP contribution >= 0.6 is 0 Å². The van der Waals surface area contributed by atoms with Crippen molar-refractivity contribution >= 4 is 5.91 Å². The average Bonchev–Trinajstić information content (AvgIpc) is 2.29. The molecule has 0 aromatic carbocycles. The topological polar surface area (TPSA) is 32.3 Å². The van der Waals surface area contributed by atoms with Crippen LogP contribution in [0, 0.1) is 11.3 Å². The quantitative estimate of drug-likeness (QED) is 0.734. The van der Waals surface area contributed by atoms with E-state index in [9.17, 15) is 4.79 Å². The second-order valence-electron chi connectivity index (χ2n) is 6.03. The molecule has 1 amide bonds. The predicted molar refractivity (Wildman–Crippen MR) is 65.2 cm³/mol. The van der Waals surface area contributed by atoms with Gasteiger partial charge in [-0.15, -0.1) is 0 Å². The summed E-state index contributed by atoms with van der Waals surface area (Å²) in [4.78, 5) is 14.3. The van der Waals surface area contributed by atoms with Crippen LogP contribution in [0.2, 0.25) is 0 Å². The van der Waals surface area contributed by atoms with Crippen molar-refractivity contribution in [2.24, 2.45) is 11.3 Å². The summed E-state index contributed by atoms with van der Waals surface area (Å²) in [6, 6.07) is 0. The summed E-state index contributed by atoms with van der Waals surface area (Å²) in [7, 11) is 0. The van der Waals surface area contributed by atoms with Gasteiger partial charge < -0.3 is 10.2 Å².